The van der Waals surface area contributed by atoms with Crippen LogP contribution in [0.15, 0.2) is 15.5 Å². The summed E-state index contributed by atoms with van der Waals surface area (Å²) in [6, 6.07) is 0.102. The predicted molar refractivity (Wildman–Crippen MR) is 64.6 cm³/mol. The topological polar surface area (TPSA) is 68.5 Å². The van der Waals surface area contributed by atoms with Crippen LogP contribution in [0.1, 0.15) is 28.5 Å². The predicted octanol–water partition coefficient (Wildman–Crippen LogP) is 1.58. The molecule has 0 unspecified atom stereocenters. The first-order valence-electron chi connectivity index (χ1n) is 5.24. The van der Waals surface area contributed by atoms with Crippen molar-refractivity contribution in [1.82, 2.24) is 4.57 Å². The summed E-state index contributed by atoms with van der Waals surface area (Å²) in [5, 5.41) is 8.98. The molecule has 1 fully saturated rings. The van der Waals surface area contributed by atoms with Gasteiger partial charge in [-0.05, 0) is 29.3 Å². The van der Waals surface area contributed by atoms with Crippen molar-refractivity contribution in [2.24, 2.45) is 0 Å². The van der Waals surface area contributed by atoms with E-state index in [1.165, 1.54) is 6.20 Å². The Hall–Kier alpha value is -1.14. The van der Waals surface area contributed by atoms with Crippen LogP contribution in [0.4, 0.5) is 0 Å². The maximum atomic E-state index is 11.7. The Kier molecular flexibility index (Phi) is 3.35. The van der Waals surface area contributed by atoms with Crippen molar-refractivity contribution in [2.45, 2.75) is 19.4 Å². The fraction of sp³-hybridized carbons (Fsp3) is 0.455. The summed E-state index contributed by atoms with van der Waals surface area (Å²) in [4.78, 5) is 22.7. The molecule has 2 rings (SSSR count). The molecular weight excluding hydrogens is 290 g/mol. The number of ether oxygens (including phenoxy) is 1. The first-order chi connectivity index (χ1) is 8.02. The average Bonchev–Trinajstić information content (AvgIpc) is 2.79. The molecular formula is C11H12BrNO4. The van der Waals surface area contributed by atoms with Crippen molar-refractivity contribution >= 4 is 21.9 Å². The first kappa shape index (κ1) is 12.3. The highest BCUT2D eigenvalue weighted by atomic mass is 79.9. The van der Waals surface area contributed by atoms with E-state index in [2.05, 4.69) is 15.9 Å². The van der Waals surface area contributed by atoms with Crippen molar-refractivity contribution in [1.29, 1.82) is 0 Å². The second-order valence-electron chi connectivity index (χ2n) is 4.00. The molecule has 0 aromatic carbocycles. The zero-order valence-electron chi connectivity index (χ0n) is 9.27. The van der Waals surface area contributed by atoms with Gasteiger partial charge in [0, 0.05) is 18.5 Å². The molecule has 0 radical (unpaired) electrons. The van der Waals surface area contributed by atoms with Gasteiger partial charge < -0.3 is 14.4 Å². The molecule has 1 saturated heterocycles. The molecule has 1 atom stereocenters. The number of rotatable bonds is 2. The van der Waals surface area contributed by atoms with E-state index in [0.29, 0.717) is 17.7 Å². The number of hydrogen-bond donors (Lipinski definition) is 1. The summed E-state index contributed by atoms with van der Waals surface area (Å²) in [6.45, 7) is 3.00. The van der Waals surface area contributed by atoms with Gasteiger partial charge in [0.1, 0.15) is 5.56 Å². The van der Waals surface area contributed by atoms with E-state index in [1.807, 2.05) is 4.57 Å². The highest BCUT2D eigenvalue weighted by Crippen LogP contribution is 2.23. The summed E-state index contributed by atoms with van der Waals surface area (Å²) in [7, 11) is 0. The first-order valence-corrected chi connectivity index (χ1v) is 6.04. The Bertz CT molecular complexity index is 517. The molecule has 0 bridgehead atoms. The smallest absolute Gasteiger partial charge is 0.341 e. The van der Waals surface area contributed by atoms with E-state index >= 15 is 0 Å². The molecule has 1 aliphatic rings. The highest BCUT2D eigenvalue weighted by Gasteiger charge is 2.22. The molecule has 0 amide bonds. The second kappa shape index (κ2) is 4.62. The third-order valence-electron chi connectivity index (χ3n) is 2.95. The van der Waals surface area contributed by atoms with Crippen LogP contribution < -0.4 is 5.43 Å². The summed E-state index contributed by atoms with van der Waals surface area (Å²) in [5.41, 5.74) is 0.0371. The normalized spacial score (nSPS) is 19.5. The maximum Gasteiger partial charge on any atom is 0.341 e. The minimum Gasteiger partial charge on any atom is -0.477 e. The van der Waals surface area contributed by atoms with Crippen LogP contribution >= 0.6 is 15.9 Å². The van der Waals surface area contributed by atoms with Crippen LogP contribution in [0.3, 0.4) is 0 Å². The van der Waals surface area contributed by atoms with Gasteiger partial charge >= 0.3 is 5.97 Å². The van der Waals surface area contributed by atoms with Crippen LogP contribution in [0, 0.1) is 6.92 Å². The summed E-state index contributed by atoms with van der Waals surface area (Å²) in [6.07, 6.45) is 2.24. The Morgan fingerprint density at radius 3 is 2.88 bits per heavy atom. The van der Waals surface area contributed by atoms with Gasteiger partial charge in [0.2, 0.25) is 5.43 Å². The van der Waals surface area contributed by atoms with Crippen molar-refractivity contribution in [3.8, 4) is 0 Å². The van der Waals surface area contributed by atoms with Gasteiger partial charge in [-0.15, -0.1) is 0 Å². The lowest BCUT2D eigenvalue weighted by molar-refractivity contribution is 0.0694. The molecule has 17 heavy (non-hydrogen) atoms. The number of aromatic carboxylic acids is 1. The molecule has 1 aromatic rings. The van der Waals surface area contributed by atoms with Crippen molar-refractivity contribution in [3.05, 3.63) is 32.2 Å². The maximum absolute atomic E-state index is 11.7. The highest BCUT2D eigenvalue weighted by molar-refractivity contribution is 9.10. The lowest BCUT2D eigenvalue weighted by Gasteiger charge is -2.18. The molecule has 5 nitrogen and oxygen atoms in total. The number of hydrogen-bond acceptors (Lipinski definition) is 3. The lowest BCUT2D eigenvalue weighted by Crippen LogP contribution is -2.23. The van der Waals surface area contributed by atoms with Gasteiger partial charge in [-0.25, -0.2) is 4.79 Å². The summed E-state index contributed by atoms with van der Waals surface area (Å²) >= 11 is 3.16. The van der Waals surface area contributed by atoms with Crippen LogP contribution in [0.25, 0.3) is 0 Å². The standard InChI is InChI=1S/C11H12BrNO4/c1-6-9(12)10(14)8(11(15)16)4-13(6)7-2-3-17-5-7/h4,7H,2-3,5H2,1H3,(H,15,16)/t7-/m0/s1. The molecule has 0 spiro atoms. The number of carboxylic acids is 1. The number of carbonyl (C=O) groups is 1. The molecule has 6 heteroatoms. The monoisotopic (exact) mass is 301 g/mol. The SMILES string of the molecule is Cc1c(Br)c(=O)c(C(=O)O)cn1[C@H]1CCOC1. The van der Waals surface area contributed by atoms with Crippen molar-refractivity contribution < 1.29 is 14.6 Å². The van der Waals surface area contributed by atoms with E-state index in [1.54, 1.807) is 6.92 Å². The van der Waals surface area contributed by atoms with Crippen LogP contribution in [0.2, 0.25) is 0 Å². The van der Waals surface area contributed by atoms with E-state index in [-0.39, 0.29) is 11.6 Å². The Balaban J connectivity index is 2.59. The number of carboxylic acid groups (broad SMARTS) is 1. The van der Waals surface area contributed by atoms with Gasteiger partial charge in [-0.1, -0.05) is 0 Å². The number of halogens is 1. The minimum atomic E-state index is -1.21. The average molecular weight is 302 g/mol. The minimum absolute atomic E-state index is 0.102. The van der Waals surface area contributed by atoms with Gasteiger partial charge in [0.15, 0.2) is 0 Å². The van der Waals surface area contributed by atoms with E-state index < -0.39 is 11.4 Å². The van der Waals surface area contributed by atoms with Gasteiger partial charge in [0.25, 0.3) is 0 Å². The van der Waals surface area contributed by atoms with Crippen LogP contribution in [-0.2, 0) is 4.74 Å². The molecule has 92 valence electrons. The number of nitrogens with zero attached hydrogens (tertiary/aromatic N) is 1. The van der Waals surface area contributed by atoms with Crippen molar-refractivity contribution in [2.75, 3.05) is 13.2 Å². The zero-order valence-corrected chi connectivity index (χ0v) is 10.9. The lowest BCUT2D eigenvalue weighted by atomic mass is 10.2. The summed E-state index contributed by atoms with van der Waals surface area (Å²) in [5.74, 6) is -1.21. The quantitative estimate of drug-likeness (QED) is 0.900. The molecule has 0 saturated carbocycles. The molecule has 1 N–H and O–H groups in total. The van der Waals surface area contributed by atoms with Crippen LogP contribution in [0.5, 0.6) is 0 Å². The van der Waals surface area contributed by atoms with E-state index in [4.69, 9.17) is 9.84 Å². The fourth-order valence-electron chi connectivity index (χ4n) is 1.96. The molecule has 2 heterocycles. The van der Waals surface area contributed by atoms with E-state index in [9.17, 15) is 9.59 Å². The largest absolute Gasteiger partial charge is 0.477 e. The fourth-order valence-corrected chi connectivity index (χ4v) is 2.38. The Morgan fingerprint density at radius 1 is 1.65 bits per heavy atom. The third kappa shape index (κ3) is 2.14. The number of aromatic nitrogens is 1. The molecule has 0 aliphatic carbocycles. The Labute approximate surface area is 106 Å². The second-order valence-corrected chi connectivity index (χ2v) is 4.79. The van der Waals surface area contributed by atoms with E-state index in [0.717, 1.165) is 12.1 Å². The van der Waals surface area contributed by atoms with Crippen LogP contribution in [-0.4, -0.2) is 28.9 Å². The summed E-state index contributed by atoms with van der Waals surface area (Å²) < 4.78 is 7.39. The van der Waals surface area contributed by atoms with Crippen molar-refractivity contribution in [3.63, 3.8) is 0 Å². The third-order valence-corrected chi connectivity index (χ3v) is 3.88. The Morgan fingerprint density at radius 2 is 2.35 bits per heavy atom. The van der Waals surface area contributed by atoms with Gasteiger partial charge in [0.05, 0.1) is 17.1 Å². The number of pyridine rings is 1. The van der Waals surface area contributed by atoms with Gasteiger partial charge in [-0.2, -0.15) is 0 Å². The molecule has 1 aromatic heterocycles. The zero-order chi connectivity index (χ0) is 12.6. The molecule has 1 aliphatic heterocycles. The van der Waals surface area contributed by atoms with Gasteiger partial charge in [-0.3, -0.25) is 4.79 Å².